The van der Waals surface area contributed by atoms with Crippen molar-refractivity contribution in [2.45, 2.75) is 25.4 Å². The zero-order valence-electron chi connectivity index (χ0n) is 9.15. The molecular weight excluding hydrogens is 192 g/mol. The summed E-state index contributed by atoms with van der Waals surface area (Å²) in [4.78, 5) is 4.17. The van der Waals surface area contributed by atoms with E-state index in [-0.39, 0.29) is 0 Å². The fraction of sp³-hybridized carbons (Fsp3) is 0.800. The number of ether oxygens (including phenoxy) is 1. The van der Waals surface area contributed by atoms with Crippen LogP contribution >= 0.6 is 0 Å². The number of hydrogen-bond donors (Lipinski definition) is 1. The molecule has 0 aliphatic carbocycles. The van der Waals surface area contributed by atoms with Crippen LogP contribution in [0.25, 0.3) is 0 Å². The molecule has 0 bridgehead atoms. The van der Waals surface area contributed by atoms with E-state index in [2.05, 4.69) is 15.4 Å². The lowest BCUT2D eigenvalue weighted by atomic mass is 10.2. The molecule has 0 spiro atoms. The molecule has 2 heterocycles. The Bertz CT molecular complexity index is 293. The smallest absolute Gasteiger partial charge is 0.151 e. The number of aryl methyl sites for hydroxylation is 1. The number of nitrogens with zero attached hydrogens (tertiary/aromatic N) is 3. The number of aromatic nitrogens is 3. The predicted molar refractivity (Wildman–Crippen MR) is 56.6 cm³/mol. The molecule has 1 unspecified atom stereocenters. The van der Waals surface area contributed by atoms with Crippen LogP contribution in [0.2, 0.25) is 0 Å². The second-order valence-electron chi connectivity index (χ2n) is 3.92. The molecule has 0 amide bonds. The molecule has 1 aromatic heterocycles. The Kier molecular flexibility index (Phi) is 3.69. The zero-order chi connectivity index (χ0) is 10.5. The van der Waals surface area contributed by atoms with Crippen molar-refractivity contribution in [3.05, 3.63) is 12.2 Å². The van der Waals surface area contributed by atoms with Crippen molar-refractivity contribution in [1.29, 1.82) is 0 Å². The van der Waals surface area contributed by atoms with Crippen LogP contribution < -0.4 is 5.32 Å². The molecule has 1 atom stereocenters. The molecule has 5 nitrogen and oxygen atoms in total. The first-order valence-electron chi connectivity index (χ1n) is 5.51. The lowest BCUT2D eigenvalue weighted by Gasteiger charge is -2.09. The Morgan fingerprint density at radius 2 is 2.60 bits per heavy atom. The van der Waals surface area contributed by atoms with Crippen molar-refractivity contribution >= 4 is 0 Å². The molecule has 0 radical (unpaired) electrons. The van der Waals surface area contributed by atoms with E-state index < -0.39 is 0 Å². The third-order valence-corrected chi connectivity index (χ3v) is 2.57. The minimum absolute atomic E-state index is 0.418. The van der Waals surface area contributed by atoms with Gasteiger partial charge in [0.1, 0.15) is 6.33 Å². The molecular formula is C10H18N4O. The molecule has 1 N–H and O–H groups in total. The first kappa shape index (κ1) is 10.6. The first-order chi connectivity index (χ1) is 7.34. The van der Waals surface area contributed by atoms with Gasteiger partial charge in [-0.25, -0.2) is 4.98 Å². The van der Waals surface area contributed by atoms with Gasteiger partial charge in [0.15, 0.2) is 5.82 Å². The third kappa shape index (κ3) is 3.28. The van der Waals surface area contributed by atoms with Gasteiger partial charge < -0.3 is 10.1 Å². The zero-order valence-corrected chi connectivity index (χ0v) is 9.15. The Hall–Kier alpha value is -0.940. The largest absolute Gasteiger partial charge is 0.377 e. The molecule has 1 aliphatic heterocycles. The lowest BCUT2D eigenvalue weighted by molar-refractivity contribution is 0.110. The van der Waals surface area contributed by atoms with Crippen LogP contribution in [0.4, 0.5) is 0 Å². The molecule has 0 saturated carbocycles. The predicted octanol–water partition coefficient (Wildman–Crippen LogP) is 0.126. The van der Waals surface area contributed by atoms with Crippen molar-refractivity contribution in [2.24, 2.45) is 7.05 Å². The van der Waals surface area contributed by atoms with Crippen LogP contribution in [-0.4, -0.2) is 40.6 Å². The summed E-state index contributed by atoms with van der Waals surface area (Å²) >= 11 is 0. The van der Waals surface area contributed by atoms with Gasteiger partial charge in [-0.2, -0.15) is 5.10 Å². The average Bonchev–Trinajstić information content (AvgIpc) is 2.84. The van der Waals surface area contributed by atoms with Gasteiger partial charge in [-0.3, -0.25) is 4.68 Å². The first-order valence-corrected chi connectivity index (χ1v) is 5.51. The van der Waals surface area contributed by atoms with E-state index in [4.69, 9.17) is 4.74 Å². The van der Waals surface area contributed by atoms with Crippen molar-refractivity contribution in [2.75, 3.05) is 19.7 Å². The fourth-order valence-electron chi connectivity index (χ4n) is 1.77. The Morgan fingerprint density at radius 1 is 1.67 bits per heavy atom. The lowest BCUT2D eigenvalue weighted by Crippen LogP contribution is -2.28. The Morgan fingerprint density at radius 3 is 3.27 bits per heavy atom. The molecule has 1 saturated heterocycles. The summed E-state index contributed by atoms with van der Waals surface area (Å²) < 4.78 is 7.24. The highest BCUT2D eigenvalue weighted by Gasteiger charge is 2.14. The van der Waals surface area contributed by atoms with E-state index in [0.717, 1.165) is 31.9 Å². The summed E-state index contributed by atoms with van der Waals surface area (Å²) in [6.07, 6.45) is 5.42. The molecule has 1 aliphatic rings. The summed E-state index contributed by atoms with van der Waals surface area (Å²) in [6, 6.07) is 0. The van der Waals surface area contributed by atoms with E-state index in [1.807, 2.05) is 7.05 Å². The van der Waals surface area contributed by atoms with Gasteiger partial charge in [-0.1, -0.05) is 0 Å². The average molecular weight is 210 g/mol. The molecule has 2 rings (SSSR count). The van der Waals surface area contributed by atoms with Crippen molar-refractivity contribution < 1.29 is 4.74 Å². The number of hydrogen-bond acceptors (Lipinski definition) is 4. The summed E-state index contributed by atoms with van der Waals surface area (Å²) in [6.45, 7) is 2.80. The van der Waals surface area contributed by atoms with Gasteiger partial charge in [0, 0.05) is 33.2 Å². The highest BCUT2D eigenvalue weighted by atomic mass is 16.5. The number of rotatable bonds is 5. The maximum absolute atomic E-state index is 5.51. The van der Waals surface area contributed by atoms with Gasteiger partial charge in [0.05, 0.1) is 6.10 Å². The van der Waals surface area contributed by atoms with Gasteiger partial charge in [-0.05, 0) is 12.8 Å². The summed E-state index contributed by atoms with van der Waals surface area (Å²) in [5.74, 6) is 0.900. The topological polar surface area (TPSA) is 52.0 Å². The van der Waals surface area contributed by atoms with Crippen LogP contribution in [0.1, 0.15) is 18.7 Å². The molecule has 84 valence electrons. The van der Waals surface area contributed by atoms with Crippen LogP contribution in [0.5, 0.6) is 0 Å². The van der Waals surface area contributed by atoms with E-state index in [0.29, 0.717) is 6.10 Å². The maximum atomic E-state index is 5.51. The maximum Gasteiger partial charge on any atom is 0.151 e. The van der Waals surface area contributed by atoms with Crippen LogP contribution in [-0.2, 0) is 18.2 Å². The second kappa shape index (κ2) is 5.23. The Balaban J connectivity index is 1.58. The van der Waals surface area contributed by atoms with Crippen LogP contribution in [0, 0.1) is 0 Å². The fourth-order valence-corrected chi connectivity index (χ4v) is 1.77. The molecule has 1 aromatic rings. The normalized spacial score (nSPS) is 21.0. The van der Waals surface area contributed by atoms with Crippen molar-refractivity contribution in [3.63, 3.8) is 0 Å². The molecule has 15 heavy (non-hydrogen) atoms. The highest BCUT2D eigenvalue weighted by Crippen LogP contribution is 2.10. The Labute approximate surface area is 89.8 Å². The van der Waals surface area contributed by atoms with Gasteiger partial charge in [0.2, 0.25) is 0 Å². The van der Waals surface area contributed by atoms with Crippen LogP contribution in [0.3, 0.4) is 0 Å². The van der Waals surface area contributed by atoms with Gasteiger partial charge >= 0.3 is 0 Å². The summed E-state index contributed by atoms with van der Waals surface area (Å²) in [5.41, 5.74) is 0. The minimum atomic E-state index is 0.418. The van der Waals surface area contributed by atoms with E-state index in [1.165, 1.54) is 12.8 Å². The standard InChI is InChI=1S/C10H18N4O/c1-14-8-12-10(13-14)4-5-11-7-9-3-2-6-15-9/h8-9,11H,2-7H2,1H3. The van der Waals surface area contributed by atoms with E-state index in [1.54, 1.807) is 11.0 Å². The third-order valence-electron chi connectivity index (χ3n) is 2.57. The highest BCUT2D eigenvalue weighted by molar-refractivity contribution is 4.82. The van der Waals surface area contributed by atoms with Crippen molar-refractivity contribution in [1.82, 2.24) is 20.1 Å². The SMILES string of the molecule is Cn1cnc(CCNCC2CCCO2)n1. The van der Waals surface area contributed by atoms with E-state index >= 15 is 0 Å². The summed E-state index contributed by atoms with van der Waals surface area (Å²) in [5, 5.41) is 7.59. The molecule has 5 heteroatoms. The second-order valence-corrected chi connectivity index (χ2v) is 3.92. The van der Waals surface area contributed by atoms with Crippen molar-refractivity contribution in [3.8, 4) is 0 Å². The molecule has 1 fully saturated rings. The van der Waals surface area contributed by atoms with Gasteiger partial charge in [-0.15, -0.1) is 0 Å². The minimum Gasteiger partial charge on any atom is -0.377 e. The number of nitrogens with one attached hydrogen (secondary N) is 1. The van der Waals surface area contributed by atoms with Gasteiger partial charge in [0.25, 0.3) is 0 Å². The quantitative estimate of drug-likeness (QED) is 0.702. The monoisotopic (exact) mass is 210 g/mol. The van der Waals surface area contributed by atoms with E-state index in [9.17, 15) is 0 Å². The summed E-state index contributed by atoms with van der Waals surface area (Å²) in [7, 11) is 1.89. The van der Waals surface area contributed by atoms with Crippen LogP contribution in [0.15, 0.2) is 6.33 Å². The molecule has 0 aromatic carbocycles.